The van der Waals surface area contributed by atoms with Gasteiger partial charge in [-0.1, -0.05) is 18.2 Å². The molecule has 0 radical (unpaired) electrons. The van der Waals surface area contributed by atoms with Gasteiger partial charge in [0.2, 0.25) is 0 Å². The number of benzene rings is 1. The molecule has 0 saturated heterocycles. The number of aliphatic hydroxyl groups is 1. The van der Waals surface area contributed by atoms with Crippen LogP contribution in [0.3, 0.4) is 0 Å². The van der Waals surface area contributed by atoms with Gasteiger partial charge in [-0.25, -0.2) is 0 Å². The number of hydrogen-bond donors (Lipinski definition) is 3. The summed E-state index contributed by atoms with van der Waals surface area (Å²) in [4.78, 5) is 10.9. The number of nitrogens with two attached hydrogens (primary N) is 2. The quantitative estimate of drug-likeness (QED) is 0.714. The summed E-state index contributed by atoms with van der Waals surface area (Å²) in [6, 6.07) is 5.61. The molecule has 0 aliphatic heterocycles. The van der Waals surface area contributed by atoms with Gasteiger partial charge >= 0.3 is 0 Å². The highest BCUT2D eigenvalue weighted by atomic mass is 16.3. The first-order valence-electron chi connectivity index (χ1n) is 5.93. The van der Waals surface area contributed by atoms with Crippen LogP contribution in [0.4, 0.5) is 0 Å². The lowest BCUT2D eigenvalue weighted by atomic mass is 9.82. The Kier molecular flexibility index (Phi) is 3.45. The molecule has 5 N–H and O–H groups in total. The fraction of sp³-hybridized carbons (Fsp3) is 0.462. The van der Waals surface area contributed by atoms with Gasteiger partial charge in [0.1, 0.15) is 0 Å². The lowest BCUT2D eigenvalue weighted by Crippen LogP contribution is -2.22. The summed E-state index contributed by atoms with van der Waals surface area (Å²) in [5, 5.41) is 9.62. The summed E-state index contributed by atoms with van der Waals surface area (Å²) < 4.78 is 0. The zero-order valence-corrected chi connectivity index (χ0v) is 9.73. The largest absolute Gasteiger partial charge is 0.378 e. The SMILES string of the molecule is NCC1CCCc2cc(C(O)C(N)=O)ccc21. The third-order valence-electron chi connectivity index (χ3n) is 3.48. The Labute approximate surface area is 101 Å². The van der Waals surface area contributed by atoms with Gasteiger partial charge in [0.25, 0.3) is 5.91 Å². The molecule has 0 spiro atoms. The van der Waals surface area contributed by atoms with Crippen LogP contribution >= 0.6 is 0 Å². The van der Waals surface area contributed by atoms with Crippen molar-refractivity contribution in [3.8, 4) is 0 Å². The van der Waals surface area contributed by atoms with Crippen molar-refractivity contribution in [2.75, 3.05) is 6.54 Å². The smallest absolute Gasteiger partial charge is 0.250 e. The van der Waals surface area contributed by atoms with Crippen LogP contribution < -0.4 is 11.5 Å². The van der Waals surface area contributed by atoms with Crippen LogP contribution in [0.2, 0.25) is 0 Å². The Morgan fingerprint density at radius 3 is 2.94 bits per heavy atom. The molecular weight excluding hydrogens is 216 g/mol. The summed E-state index contributed by atoms with van der Waals surface area (Å²) in [5.74, 6) is -0.311. The molecule has 1 aliphatic rings. The Morgan fingerprint density at radius 2 is 2.29 bits per heavy atom. The van der Waals surface area contributed by atoms with Crippen molar-refractivity contribution >= 4 is 5.91 Å². The Bertz CT molecular complexity index is 431. The van der Waals surface area contributed by atoms with Crippen molar-refractivity contribution in [1.82, 2.24) is 0 Å². The third kappa shape index (κ3) is 2.33. The number of aliphatic hydroxyl groups excluding tert-OH is 1. The molecule has 17 heavy (non-hydrogen) atoms. The van der Waals surface area contributed by atoms with Crippen LogP contribution in [0, 0.1) is 0 Å². The van der Waals surface area contributed by atoms with Gasteiger partial charge in [0, 0.05) is 0 Å². The maximum absolute atomic E-state index is 10.9. The third-order valence-corrected chi connectivity index (χ3v) is 3.48. The normalized spacial score (nSPS) is 20.7. The van der Waals surface area contributed by atoms with Gasteiger partial charge in [-0.2, -0.15) is 0 Å². The number of rotatable bonds is 3. The van der Waals surface area contributed by atoms with Gasteiger partial charge in [-0.15, -0.1) is 0 Å². The molecule has 1 aliphatic carbocycles. The first-order chi connectivity index (χ1) is 8.13. The second kappa shape index (κ2) is 4.85. The molecule has 2 rings (SSSR count). The summed E-state index contributed by atoms with van der Waals surface area (Å²) in [6.45, 7) is 0.644. The van der Waals surface area contributed by atoms with Gasteiger partial charge in [-0.05, 0) is 48.4 Å². The van der Waals surface area contributed by atoms with E-state index in [2.05, 4.69) is 0 Å². The van der Waals surface area contributed by atoms with E-state index in [9.17, 15) is 9.90 Å². The van der Waals surface area contributed by atoms with E-state index < -0.39 is 12.0 Å². The topological polar surface area (TPSA) is 89.3 Å². The van der Waals surface area contributed by atoms with Crippen molar-refractivity contribution in [3.05, 3.63) is 34.9 Å². The van der Waals surface area contributed by atoms with E-state index in [0.29, 0.717) is 18.0 Å². The number of fused-ring (bicyclic) bond motifs is 1. The first-order valence-corrected chi connectivity index (χ1v) is 5.93. The minimum Gasteiger partial charge on any atom is -0.378 e. The molecule has 4 nitrogen and oxygen atoms in total. The highest BCUT2D eigenvalue weighted by Crippen LogP contribution is 2.32. The van der Waals surface area contributed by atoms with E-state index in [4.69, 9.17) is 11.5 Å². The van der Waals surface area contributed by atoms with Crippen molar-refractivity contribution in [3.63, 3.8) is 0 Å². The Hall–Kier alpha value is -1.39. The predicted molar refractivity (Wildman–Crippen MR) is 65.3 cm³/mol. The molecule has 1 amide bonds. The molecule has 0 aromatic heterocycles. The summed E-state index contributed by atoms with van der Waals surface area (Å²) in [7, 11) is 0. The van der Waals surface area contributed by atoms with Crippen LogP contribution in [0.25, 0.3) is 0 Å². The lowest BCUT2D eigenvalue weighted by molar-refractivity contribution is -0.126. The number of hydrogen-bond acceptors (Lipinski definition) is 3. The molecule has 0 heterocycles. The average molecular weight is 234 g/mol. The molecule has 1 aromatic carbocycles. The molecule has 4 heteroatoms. The van der Waals surface area contributed by atoms with E-state index in [1.165, 1.54) is 11.1 Å². The maximum Gasteiger partial charge on any atom is 0.250 e. The van der Waals surface area contributed by atoms with Gasteiger partial charge in [-0.3, -0.25) is 4.79 Å². The first kappa shape index (κ1) is 12.1. The Balaban J connectivity index is 2.34. The molecule has 2 unspecified atom stereocenters. The van der Waals surface area contributed by atoms with Crippen molar-refractivity contribution in [1.29, 1.82) is 0 Å². The van der Waals surface area contributed by atoms with E-state index in [-0.39, 0.29) is 0 Å². The second-order valence-electron chi connectivity index (χ2n) is 4.59. The molecule has 0 saturated carbocycles. The highest BCUT2D eigenvalue weighted by molar-refractivity contribution is 5.80. The molecule has 0 fully saturated rings. The monoisotopic (exact) mass is 234 g/mol. The van der Waals surface area contributed by atoms with Gasteiger partial charge < -0.3 is 16.6 Å². The summed E-state index contributed by atoms with van der Waals surface area (Å²) >= 11 is 0. The molecule has 1 aromatic rings. The Morgan fingerprint density at radius 1 is 1.53 bits per heavy atom. The molecule has 0 bridgehead atoms. The minimum absolute atomic E-state index is 0.401. The van der Waals surface area contributed by atoms with E-state index in [0.717, 1.165) is 19.3 Å². The van der Waals surface area contributed by atoms with Crippen LogP contribution in [0.1, 0.15) is 41.6 Å². The summed E-state index contributed by atoms with van der Waals surface area (Å²) in [6.07, 6.45) is 1.98. The van der Waals surface area contributed by atoms with Crippen molar-refractivity contribution < 1.29 is 9.90 Å². The standard InChI is InChI=1S/C13H18N2O2/c14-7-10-3-1-2-8-6-9(4-5-11(8)10)12(16)13(15)17/h4-6,10,12,16H,1-3,7,14H2,(H2,15,17). The maximum atomic E-state index is 10.9. The highest BCUT2D eigenvalue weighted by Gasteiger charge is 2.21. The lowest BCUT2D eigenvalue weighted by Gasteiger charge is -2.25. The fourth-order valence-electron chi connectivity index (χ4n) is 2.51. The molecule has 92 valence electrons. The molecule has 2 atom stereocenters. The van der Waals surface area contributed by atoms with E-state index >= 15 is 0 Å². The van der Waals surface area contributed by atoms with Crippen LogP contribution in [-0.4, -0.2) is 17.6 Å². The minimum atomic E-state index is -1.21. The fourth-order valence-corrected chi connectivity index (χ4v) is 2.51. The van der Waals surface area contributed by atoms with Crippen molar-refractivity contribution in [2.24, 2.45) is 11.5 Å². The number of primary amides is 1. The zero-order valence-electron chi connectivity index (χ0n) is 9.73. The van der Waals surface area contributed by atoms with Crippen LogP contribution in [0.5, 0.6) is 0 Å². The van der Waals surface area contributed by atoms with Crippen LogP contribution in [0.15, 0.2) is 18.2 Å². The number of carbonyl (C=O) groups is 1. The van der Waals surface area contributed by atoms with Gasteiger partial charge in [0.15, 0.2) is 6.10 Å². The number of aryl methyl sites for hydroxylation is 1. The average Bonchev–Trinajstić information content (AvgIpc) is 2.36. The van der Waals surface area contributed by atoms with E-state index in [1.54, 1.807) is 6.07 Å². The van der Waals surface area contributed by atoms with Crippen molar-refractivity contribution in [2.45, 2.75) is 31.3 Å². The zero-order chi connectivity index (χ0) is 12.4. The molecular formula is C13H18N2O2. The number of amides is 1. The van der Waals surface area contributed by atoms with Crippen LogP contribution in [-0.2, 0) is 11.2 Å². The summed E-state index contributed by atoms with van der Waals surface area (Å²) in [5.41, 5.74) is 13.8. The second-order valence-corrected chi connectivity index (χ2v) is 4.59. The predicted octanol–water partition coefficient (Wildman–Crippen LogP) is 0.584. The number of carbonyl (C=O) groups excluding carboxylic acids is 1. The van der Waals surface area contributed by atoms with E-state index in [1.807, 2.05) is 12.1 Å². The van der Waals surface area contributed by atoms with Gasteiger partial charge in [0.05, 0.1) is 0 Å².